The molecular weight excluding hydrogens is 490 g/mol. The van der Waals surface area contributed by atoms with Crippen molar-refractivity contribution in [2.75, 3.05) is 36.4 Å². The monoisotopic (exact) mass is 516 g/mol. The minimum atomic E-state index is -0.369. The van der Waals surface area contributed by atoms with Gasteiger partial charge in [-0.2, -0.15) is 0 Å². The first-order valence-corrected chi connectivity index (χ1v) is 12.6. The van der Waals surface area contributed by atoms with Gasteiger partial charge in [-0.05, 0) is 61.4 Å². The van der Waals surface area contributed by atoms with E-state index in [0.29, 0.717) is 55.0 Å². The summed E-state index contributed by atoms with van der Waals surface area (Å²) >= 11 is 0. The number of nitrogens with one attached hydrogen (secondary N) is 1. The number of carbonyl (C=O) groups excluding carboxylic acids is 1. The Hall–Kier alpha value is -4.41. The van der Waals surface area contributed by atoms with Crippen LogP contribution in [0.3, 0.4) is 0 Å². The summed E-state index contributed by atoms with van der Waals surface area (Å²) in [6.07, 6.45) is 3.90. The van der Waals surface area contributed by atoms with E-state index in [0.717, 1.165) is 11.6 Å². The van der Waals surface area contributed by atoms with E-state index in [2.05, 4.69) is 30.3 Å². The summed E-state index contributed by atoms with van der Waals surface area (Å²) in [7, 11) is 0. The average Bonchev–Trinajstić information content (AvgIpc) is 3.66. The Balaban J connectivity index is 1.17. The van der Waals surface area contributed by atoms with Crippen LogP contribution in [0.25, 0.3) is 22.8 Å². The Morgan fingerprint density at radius 3 is 2.21 bits per heavy atom. The molecule has 1 aliphatic carbocycles. The van der Waals surface area contributed by atoms with Crippen molar-refractivity contribution in [1.82, 2.24) is 29.6 Å². The average molecular weight is 517 g/mol. The molecule has 1 amide bonds. The lowest BCUT2D eigenvalue weighted by Crippen LogP contribution is -2.50. The van der Waals surface area contributed by atoms with E-state index < -0.39 is 0 Å². The van der Waals surface area contributed by atoms with Crippen molar-refractivity contribution in [2.24, 2.45) is 0 Å². The molecular formula is C27H26F2N8O. The standard InChI is InChI=1S/C27H26F2N8O/c28-20-5-1-18(2-6-20)26-33-27(19-3-7-21(29)8-4-19)37(34-26)16-25(38)36-13-11-35(12-14-36)24-15-23(30-17-31-24)32-22-9-10-22/h1-8,15,17,22H,9-14,16H2,(H,30,31,32). The second-order valence-electron chi connectivity index (χ2n) is 9.48. The number of hydrogen-bond donors (Lipinski definition) is 1. The van der Waals surface area contributed by atoms with Gasteiger partial charge in [0.15, 0.2) is 11.6 Å². The molecule has 9 nitrogen and oxygen atoms in total. The van der Waals surface area contributed by atoms with Gasteiger partial charge >= 0.3 is 0 Å². The van der Waals surface area contributed by atoms with Crippen LogP contribution in [0.4, 0.5) is 20.4 Å². The van der Waals surface area contributed by atoms with Crippen LogP contribution in [-0.2, 0) is 11.3 Å². The molecule has 38 heavy (non-hydrogen) atoms. The second kappa shape index (κ2) is 10.2. The maximum absolute atomic E-state index is 13.5. The number of anilines is 2. The van der Waals surface area contributed by atoms with E-state index in [1.54, 1.807) is 35.5 Å². The van der Waals surface area contributed by atoms with Gasteiger partial charge in [0.2, 0.25) is 5.91 Å². The summed E-state index contributed by atoms with van der Waals surface area (Å²) < 4.78 is 28.5. The molecule has 0 atom stereocenters. The molecule has 1 N–H and O–H groups in total. The number of halogens is 2. The second-order valence-corrected chi connectivity index (χ2v) is 9.48. The number of nitrogens with zero attached hydrogens (tertiary/aromatic N) is 7. The Bertz CT molecular complexity index is 1430. The lowest BCUT2D eigenvalue weighted by molar-refractivity contribution is -0.132. The van der Waals surface area contributed by atoms with Crippen LogP contribution < -0.4 is 10.2 Å². The third-order valence-corrected chi connectivity index (χ3v) is 6.70. The third-order valence-electron chi connectivity index (χ3n) is 6.70. The Morgan fingerprint density at radius 1 is 0.895 bits per heavy atom. The Kier molecular flexibility index (Phi) is 6.40. The van der Waals surface area contributed by atoms with Crippen LogP contribution in [0.5, 0.6) is 0 Å². The van der Waals surface area contributed by atoms with Crippen molar-refractivity contribution >= 4 is 17.5 Å². The van der Waals surface area contributed by atoms with Gasteiger partial charge in [-0.1, -0.05) is 0 Å². The Morgan fingerprint density at radius 2 is 1.55 bits per heavy atom. The summed E-state index contributed by atoms with van der Waals surface area (Å²) in [5.41, 5.74) is 1.25. The molecule has 1 saturated heterocycles. The van der Waals surface area contributed by atoms with Gasteiger partial charge in [0, 0.05) is 49.4 Å². The zero-order chi connectivity index (χ0) is 26.1. The minimum Gasteiger partial charge on any atom is -0.367 e. The van der Waals surface area contributed by atoms with E-state index >= 15 is 0 Å². The van der Waals surface area contributed by atoms with Crippen molar-refractivity contribution < 1.29 is 13.6 Å². The summed E-state index contributed by atoms with van der Waals surface area (Å²) in [6, 6.07) is 14.2. The molecule has 1 saturated carbocycles. The molecule has 2 aromatic heterocycles. The molecule has 0 spiro atoms. The SMILES string of the molecule is O=C(Cn1nc(-c2ccc(F)cc2)nc1-c1ccc(F)cc1)N1CCN(c2cc(NC3CC3)ncn2)CC1. The quantitative estimate of drug-likeness (QED) is 0.401. The smallest absolute Gasteiger partial charge is 0.244 e. The van der Waals surface area contributed by atoms with E-state index in [-0.39, 0.29) is 24.1 Å². The number of amides is 1. The van der Waals surface area contributed by atoms with Gasteiger partial charge in [0.25, 0.3) is 0 Å². The molecule has 2 aromatic carbocycles. The lowest BCUT2D eigenvalue weighted by atomic mass is 10.2. The zero-order valence-corrected chi connectivity index (χ0v) is 20.6. The van der Waals surface area contributed by atoms with Crippen LogP contribution in [0.15, 0.2) is 60.9 Å². The molecule has 1 aliphatic heterocycles. The predicted molar refractivity (Wildman–Crippen MR) is 138 cm³/mol. The highest BCUT2D eigenvalue weighted by molar-refractivity contribution is 5.77. The molecule has 0 bridgehead atoms. The van der Waals surface area contributed by atoms with Crippen molar-refractivity contribution in [1.29, 1.82) is 0 Å². The summed E-state index contributed by atoms with van der Waals surface area (Å²) in [5, 5.41) is 7.94. The van der Waals surface area contributed by atoms with E-state index in [1.165, 1.54) is 41.8 Å². The molecule has 6 rings (SSSR count). The summed E-state index contributed by atoms with van der Waals surface area (Å²) in [5.74, 6) is 1.64. The maximum atomic E-state index is 13.5. The fourth-order valence-electron chi connectivity index (χ4n) is 4.43. The summed E-state index contributed by atoms with van der Waals surface area (Å²) in [6.45, 7) is 2.35. The number of rotatable bonds is 7. The van der Waals surface area contributed by atoms with Gasteiger partial charge in [-0.25, -0.2) is 28.4 Å². The minimum absolute atomic E-state index is 0.0239. The van der Waals surface area contributed by atoms with E-state index in [4.69, 9.17) is 0 Å². The van der Waals surface area contributed by atoms with E-state index in [9.17, 15) is 13.6 Å². The lowest BCUT2D eigenvalue weighted by Gasteiger charge is -2.35. The first kappa shape index (κ1) is 24.0. The van der Waals surface area contributed by atoms with Crippen LogP contribution in [0, 0.1) is 11.6 Å². The number of benzene rings is 2. The highest BCUT2D eigenvalue weighted by Crippen LogP contribution is 2.26. The van der Waals surface area contributed by atoms with Crippen LogP contribution in [0.1, 0.15) is 12.8 Å². The van der Waals surface area contributed by atoms with Crippen molar-refractivity contribution in [2.45, 2.75) is 25.4 Å². The topological polar surface area (TPSA) is 92.1 Å². The van der Waals surface area contributed by atoms with E-state index in [1.807, 2.05) is 6.07 Å². The molecule has 2 fully saturated rings. The number of hydrogen-bond acceptors (Lipinski definition) is 7. The van der Waals surface area contributed by atoms with Crippen LogP contribution >= 0.6 is 0 Å². The highest BCUT2D eigenvalue weighted by Gasteiger charge is 2.25. The van der Waals surface area contributed by atoms with Gasteiger partial charge in [0.1, 0.15) is 36.1 Å². The van der Waals surface area contributed by atoms with Crippen molar-refractivity contribution in [3.8, 4) is 22.8 Å². The van der Waals surface area contributed by atoms with Crippen molar-refractivity contribution in [3.63, 3.8) is 0 Å². The summed E-state index contributed by atoms with van der Waals surface area (Å²) in [4.78, 5) is 30.6. The first-order valence-electron chi connectivity index (χ1n) is 12.6. The van der Waals surface area contributed by atoms with Gasteiger partial charge < -0.3 is 15.1 Å². The first-order chi connectivity index (χ1) is 18.5. The normalized spacial score (nSPS) is 15.5. The fourth-order valence-corrected chi connectivity index (χ4v) is 4.43. The molecule has 3 heterocycles. The molecule has 4 aromatic rings. The molecule has 0 radical (unpaired) electrons. The van der Waals surface area contributed by atoms with Gasteiger partial charge in [0.05, 0.1) is 0 Å². The predicted octanol–water partition coefficient (Wildman–Crippen LogP) is 3.60. The largest absolute Gasteiger partial charge is 0.367 e. The zero-order valence-electron chi connectivity index (χ0n) is 20.6. The van der Waals surface area contributed by atoms with Crippen LogP contribution in [0.2, 0.25) is 0 Å². The number of aromatic nitrogens is 5. The maximum Gasteiger partial charge on any atom is 0.244 e. The van der Waals surface area contributed by atoms with Gasteiger partial charge in [-0.15, -0.1) is 5.10 Å². The molecule has 11 heteroatoms. The third kappa shape index (κ3) is 5.31. The van der Waals surface area contributed by atoms with Crippen LogP contribution in [-0.4, -0.2) is 67.8 Å². The Labute approximate surface area is 218 Å². The van der Waals surface area contributed by atoms with Crippen molar-refractivity contribution in [3.05, 3.63) is 72.6 Å². The molecule has 2 aliphatic rings. The molecule has 0 unspecified atom stereocenters. The fraction of sp³-hybridized carbons (Fsp3) is 0.296. The number of piperazine rings is 1. The highest BCUT2D eigenvalue weighted by atomic mass is 19.1. The van der Waals surface area contributed by atoms with Gasteiger partial charge in [-0.3, -0.25) is 4.79 Å². The molecule has 194 valence electrons. The number of carbonyl (C=O) groups is 1.